The fourth-order valence-electron chi connectivity index (χ4n) is 6.33. The van der Waals surface area contributed by atoms with Crippen molar-refractivity contribution in [2.24, 2.45) is 22.7 Å². The zero-order valence-electron chi connectivity index (χ0n) is 15.9. The molecule has 0 aromatic heterocycles. The summed E-state index contributed by atoms with van der Waals surface area (Å²) in [7, 11) is 0. The highest BCUT2D eigenvalue weighted by atomic mass is 19.4. The van der Waals surface area contributed by atoms with Gasteiger partial charge >= 0.3 is 6.18 Å². The molecule has 1 aromatic rings. The molecule has 1 N–H and O–H groups in total. The second-order valence-corrected chi connectivity index (χ2v) is 9.13. The molecule has 5 rings (SSSR count). The van der Waals surface area contributed by atoms with Gasteiger partial charge < -0.3 is 5.32 Å². The minimum Gasteiger partial charge on any atom is -0.325 e. The molecule has 2 atom stereocenters. The summed E-state index contributed by atoms with van der Waals surface area (Å²) >= 11 is 0. The highest BCUT2D eigenvalue weighted by molar-refractivity contribution is 5.97. The average Bonchev–Trinajstić information content (AvgIpc) is 2.55. The zero-order valence-corrected chi connectivity index (χ0v) is 15.9. The first-order valence-corrected chi connectivity index (χ1v) is 9.59. The molecule has 28 heavy (non-hydrogen) atoms. The highest BCUT2D eigenvalue weighted by Crippen LogP contribution is 2.69. The summed E-state index contributed by atoms with van der Waals surface area (Å²) < 4.78 is 41.8. The predicted octanol–water partition coefficient (Wildman–Crippen LogP) is 5.30. The summed E-state index contributed by atoms with van der Waals surface area (Å²) in [5.74, 6) is -0.580. The molecule has 2 unspecified atom stereocenters. The van der Waals surface area contributed by atoms with Crippen LogP contribution >= 0.6 is 0 Å². The van der Waals surface area contributed by atoms with Crippen molar-refractivity contribution in [1.82, 2.24) is 0 Å². The Bertz CT molecular complexity index is 851. The number of benzene rings is 1. The number of nitro groups is 1. The van der Waals surface area contributed by atoms with Crippen LogP contribution in [0, 0.1) is 46.6 Å². The van der Waals surface area contributed by atoms with E-state index < -0.39 is 27.8 Å². The molecular formula is C20H23F3N2O3. The number of carbonyl (C=O) groups excluding carboxylic acids is 1. The van der Waals surface area contributed by atoms with E-state index in [2.05, 4.69) is 5.32 Å². The molecule has 0 spiro atoms. The van der Waals surface area contributed by atoms with E-state index in [1.807, 2.05) is 0 Å². The number of aryl methyl sites for hydroxylation is 1. The Balaban J connectivity index is 1.68. The average molecular weight is 396 g/mol. The van der Waals surface area contributed by atoms with Crippen LogP contribution in [0.2, 0.25) is 0 Å². The van der Waals surface area contributed by atoms with Gasteiger partial charge in [0.25, 0.3) is 5.69 Å². The second kappa shape index (κ2) is 5.94. The Morgan fingerprint density at radius 1 is 1.18 bits per heavy atom. The number of nitrogens with one attached hydrogen (secondary N) is 1. The number of nitrogens with zero attached hydrogens (tertiary/aromatic N) is 1. The molecule has 1 amide bonds. The van der Waals surface area contributed by atoms with Crippen LogP contribution in [0.5, 0.6) is 0 Å². The van der Waals surface area contributed by atoms with Crippen LogP contribution in [0.1, 0.15) is 49.7 Å². The van der Waals surface area contributed by atoms with E-state index in [4.69, 9.17) is 0 Å². The van der Waals surface area contributed by atoms with E-state index in [-0.39, 0.29) is 36.8 Å². The third-order valence-corrected chi connectivity index (χ3v) is 7.22. The Labute approximate surface area is 160 Å². The monoisotopic (exact) mass is 396 g/mol. The number of alkyl halides is 3. The number of rotatable bonds is 3. The van der Waals surface area contributed by atoms with Crippen LogP contribution in [0.15, 0.2) is 12.1 Å². The number of amides is 1. The molecule has 4 saturated carbocycles. The first kappa shape index (κ1) is 19.2. The van der Waals surface area contributed by atoms with Gasteiger partial charge in [-0.15, -0.1) is 0 Å². The van der Waals surface area contributed by atoms with Crippen molar-refractivity contribution >= 4 is 17.3 Å². The van der Waals surface area contributed by atoms with Gasteiger partial charge in [-0.05, 0) is 69.8 Å². The molecule has 5 nitrogen and oxygen atoms in total. The third kappa shape index (κ3) is 2.71. The zero-order chi connectivity index (χ0) is 20.5. The normalized spacial score (nSPS) is 33.8. The molecule has 0 heterocycles. The van der Waals surface area contributed by atoms with E-state index >= 15 is 0 Å². The van der Waals surface area contributed by atoms with Crippen molar-refractivity contribution < 1.29 is 22.9 Å². The fraction of sp³-hybridized carbons (Fsp3) is 0.650. The number of hydrogen-bond donors (Lipinski definition) is 1. The molecule has 4 bridgehead atoms. The van der Waals surface area contributed by atoms with E-state index in [0.29, 0.717) is 29.7 Å². The standard InChI is InChI=1S/C20H23F3N2O3/c1-11-3-4-15(25(27)28)12(2)16(11)24-17(26)18-6-13-5-14(7-18)9-19(8-13,10-18)20(21,22)23/h3-4,13-14H,5-10H2,1-2H3,(H,24,26). The summed E-state index contributed by atoms with van der Waals surface area (Å²) in [5, 5.41) is 14.0. The number of nitro benzene ring substituents is 1. The quantitative estimate of drug-likeness (QED) is 0.557. The predicted molar refractivity (Wildman–Crippen MR) is 96.8 cm³/mol. The molecule has 4 aliphatic rings. The topological polar surface area (TPSA) is 72.2 Å². The van der Waals surface area contributed by atoms with Gasteiger partial charge in [0.15, 0.2) is 0 Å². The summed E-state index contributed by atoms with van der Waals surface area (Å²) in [5.41, 5.74) is -1.58. The van der Waals surface area contributed by atoms with Crippen LogP contribution in [0.3, 0.4) is 0 Å². The van der Waals surface area contributed by atoms with Gasteiger partial charge in [0, 0.05) is 6.07 Å². The maximum Gasteiger partial charge on any atom is 0.394 e. The number of carbonyl (C=O) groups is 1. The van der Waals surface area contributed by atoms with E-state index in [9.17, 15) is 28.1 Å². The number of halogens is 3. The van der Waals surface area contributed by atoms with Crippen molar-refractivity contribution in [2.75, 3.05) is 5.32 Å². The summed E-state index contributed by atoms with van der Waals surface area (Å²) in [6.45, 7) is 3.28. The molecule has 8 heteroatoms. The van der Waals surface area contributed by atoms with Crippen molar-refractivity contribution in [3.8, 4) is 0 Å². The Morgan fingerprint density at radius 3 is 2.32 bits per heavy atom. The maximum absolute atomic E-state index is 13.9. The van der Waals surface area contributed by atoms with Crippen LogP contribution in [-0.2, 0) is 4.79 Å². The lowest BCUT2D eigenvalue weighted by atomic mass is 9.43. The van der Waals surface area contributed by atoms with Gasteiger partial charge in [-0.25, -0.2) is 0 Å². The molecule has 1 aromatic carbocycles. The van der Waals surface area contributed by atoms with Crippen molar-refractivity contribution in [1.29, 1.82) is 0 Å². The fourth-order valence-corrected chi connectivity index (χ4v) is 6.33. The van der Waals surface area contributed by atoms with Gasteiger partial charge in [-0.3, -0.25) is 14.9 Å². The van der Waals surface area contributed by atoms with Crippen molar-refractivity contribution in [3.05, 3.63) is 33.4 Å². The van der Waals surface area contributed by atoms with Crippen molar-refractivity contribution in [3.63, 3.8) is 0 Å². The van der Waals surface area contributed by atoms with Gasteiger partial charge in [-0.1, -0.05) is 6.07 Å². The Morgan fingerprint density at radius 2 is 1.79 bits per heavy atom. The molecule has 0 aliphatic heterocycles. The van der Waals surface area contributed by atoms with Crippen LogP contribution in [0.4, 0.5) is 24.5 Å². The maximum atomic E-state index is 13.9. The smallest absolute Gasteiger partial charge is 0.325 e. The minimum absolute atomic E-state index is 0.0825. The van der Waals surface area contributed by atoms with Gasteiger partial charge in [0.05, 0.1) is 27.0 Å². The highest BCUT2D eigenvalue weighted by Gasteiger charge is 2.68. The lowest BCUT2D eigenvalue weighted by molar-refractivity contribution is -0.385. The number of anilines is 1. The molecule has 0 saturated heterocycles. The van der Waals surface area contributed by atoms with E-state index in [1.54, 1.807) is 19.9 Å². The van der Waals surface area contributed by atoms with E-state index in [1.165, 1.54) is 6.07 Å². The van der Waals surface area contributed by atoms with Crippen molar-refractivity contribution in [2.45, 2.75) is 58.5 Å². The molecular weight excluding hydrogens is 373 g/mol. The first-order chi connectivity index (χ1) is 13.0. The van der Waals surface area contributed by atoms with E-state index in [0.717, 1.165) is 6.42 Å². The molecule has 0 radical (unpaired) electrons. The summed E-state index contributed by atoms with van der Waals surface area (Å²) in [6, 6.07) is 2.93. The lowest BCUT2D eigenvalue weighted by Crippen LogP contribution is -2.60. The van der Waals surface area contributed by atoms with Gasteiger partial charge in [0.2, 0.25) is 5.91 Å². The van der Waals surface area contributed by atoms with Crippen LogP contribution in [0.25, 0.3) is 0 Å². The first-order valence-electron chi connectivity index (χ1n) is 9.59. The van der Waals surface area contributed by atoms with Crippen LogP contribution < -0.4 is 5.32 Å². The third-order valence-electron chi connectivity index (χ3n) is 7.22. The largest absolute Gasteiger partial charge is 0.394 e. The number of hydrogen-bond acceptors (Lipinski definition) is 3. The lowest BCUT2D eigenvalue weighted by Gasteiger charge is -2.61. The molecule has 4 aliphatic carbocycles. The SMILES string of the molecule is Cc1ccc([N+](=O)[O-])c(C)c1NC(=O)C12CC3CC(C1)CC(C(F)(F)F)(C3)C2. The Kier molecular flexibility index (Phi) is 4.07. The summed E-state index contributed by atoms with van der Waals surface area (Å²) in [4.78, 5) is 24.0. The minimum atomic E-state index is -4.31. The second-order valence-electron chi connectivity index (χ2n) is 9.13. The van der Waals surface area contributed by atoms with Crippen LogP contribution in [-0.4, -0.2) is 17.0 Å². The summed E-state index contributed by atoms with van der Waals surface area (Å²) in [6.07, 6.45) is -2.53. The van der Waals surface area contributed by atoms with Gasteiger partial charge in [-0.2, -0.15) is 13.2 Å². The van der Waals surface area contributed by atoms with Gasteiger partial charge in [0.1, 0.15) is 0 Å². The molecule has 4 fully saturated rings. The molecule has 152 valence electrons. The Hall–Kier alpha value is -2.12.